The molecule has 0 amide bonds. The highest BCUT2D eigenvalue weighted by Gasteiger charge is 2.16. The summed E-state index contributed by atoms with van der Waals surface area (Å²) in [7, 11) is 1.56. The molecule has 0 saturated heterocycles. The van der Waals surface area contributed by atoms with E-state index in [0.29, 0.717) is 5.75 Å². The van der Waals surface area contributed by atoms with Crippen LogP contribution in [-0.2, 0) is 11.3 Å². The molecule has 14 heavy (non-hydrogen) atoms. The van der Waals surface area contributed by atoms with Crippen LogP contribution in [0.3, 0.4) is 0 Å². The summed E-state index contributed by atoms with van der Waals surface area (Å²) in [4.78, 5) is 4.79. The number of nitrogens with zero attached hydrogens (tertiary/aromatic N) is 1. The molecule has 1 N–H and O–H groups in total. The van der Waals surface area contributed by atoms with Crippen molar-refractivity contribution in [3.05, 3.63) is 29.3 Å². The predicted molar refractivity (Wildman–Crippen MR) is 54.6 cm³/mol. The number of fused-ring (bicyclic) bond motifs is 1. The second kappa shape index (κ2) is 3.70. The lowest BCUT2D eigenvalue weighted by atomic mass is 9.90. The number of phenolic OH excluding ortho intramolecular Hbond substituents is 1. The van der Waals surface area contributed by atoms with Gasteiger partial charge in [0.2, 0.25) is 0 Å². The maximum atomic E-state index is 9.33. The number of hydrogen-bond donors (Lipinski definition) is 1. The zero-order valence-corrected chi connectivity index (χ0v) is 8.16. The first kappa shape index (κ1) is 9.06. The summed E-state index contributed by atoms with van der Waals surface area (Å²) < 4.78 is 0. The molecule has 3 nitrogen and oxygen atoms in total. The monoisotopic (exact) mass is 191 g/mol. The van der Waals surface area contributed by atoms with Crippen LogP contribution in [0.1, 0.15) is 24.0 Å². The molecule has 0 heterocycles. The van der Waals surface area contributed by atoms with E-state index in [0.717, 1.165) is 36.1 Å². The first-order valence-electron chi connectivity index (χ1n) is 4.73. The number of aryl methyl sites for hydroxylation is 1. The standard InChI is InChI=1S/C11H13NO2/c1-14-12-11-4-2-3-8-7-9(13)5-6-10(8)11/h5-7,13H,2-4H2,1H3. The summed E-state index contributed by atoms with van der Waals surface area (Å²) in [5, 5.41) is 13.3. The Morgan fingerprint density at radius 1 is 1.36 bits per heavy atom. The third kappa shape index (κ3) is 1.58. The molecule has 0 radical (unpaired) electrons. The van der Waals surface area contributed by atoms with Gasteiger partial charge in [0.25, 0.3) is 0 Å². The van der Waals surface area contributed by atoms with Crippen molar-refractivity contribution in [1.29, 1.82) is 0 Å². The zero-order valence-electron chi connectivity index (χ0n) is 8.16. The van der Waals surface area contributed by atoms with Gasteiger partial charge in [-0.1, -0.05) is 5.16 Å². The Morgan fingerprint density at radius 2 is 2.21 bits per heavy atom. The molecule has 1 aliphatic rings. The molecule has 0 aromatic heterocycles. The van der Waals surface area contributed by atoms with E-state index in [-0.39, 0.29) is 0 Å². The van der Waals surface area contributed by atoms with Gasteiger partial charge in [-0.05, 0) is 43.0 Å². The molecular formula is C11H13NO2. The molecule has 0 bridgehead atoms. The average molecular weight is 191 g/mol. The SMILES string of the molecule is CON=C1CCCc2cc(O)ccc21. The van der Waals surface area contributed by atoms with Gasteiger partial charge >= 0.3 is 0 Å². The van der Waals surface area contributed by atoms with Crippen LogP contribution < -0.4 is 0 Å². The van der Waals surface area contributed by atoms with Crippen molar-refractivity contribution >= 4 is 5.71 Å². The fourth-order valence-corrected chi connectivity index (χ4v) is 1.85. The van der Waals surface area contributed by atoms with Crippen molar-refractivity contribution in [3.63, 3.8) is 0 Å². The number of oxime groups is 1. The molecule has 0 atom stereocenters. The van der Waals surface area contributed by atoms with Crippen LogP contribution in [0.5, 0.6) is 5.75 Å². The van der Waals surface area contributed by atoms with E-state index in [9.17, 15) is 5.11 Å². The Labute approximate surface area is 83.0 Å². The highest BCUT2D eigenvalue weighted by atomic mass is 16.6. The minimum absolute atomic E-state index is 0.322. The first-order valence-corrected chi connectivity index (χ1v) is 4.73. The van der Waals surface area contributed by atoms with Crippen LogP contribution in [0.15, 0.2) is 23.4 Å². The summed E-state index contributed by atoms with van der Waals surface area (Å²) in [5.41, 5.74) is 3.25. The number of phenols is 1. The van der Waals surface area contributed by atoms with Crippen molar-refractivity contribution in [2.24, 2.45) is 5.16 Å². The maximum Gasteiger partial charge on any atom is 0.115 e. The van der Waals surface area contributed by atoms with Gasteiger partial charge in [-0.25, -0.2) is 0 Å². The van der Waals surface area contributed by atoms with Gasteiger partial charge in [0.15, 0.2) is 0 Å². The topological polar surface area (TPSA) is 41.8 Å². The van der Waals surface area contributed by atoms with Crippen molar-refractivity contribution in [3.8, 4) is 5.75 Å². The summed E-state index contributed by atoms with van der Waals surface area (Å²) in [5.74, 6) is 0.322. The lowest BCUT2D eigenvalue weighted by molar-refractivity contribution is 0.212. The van der Waals surface area contributed by atoms with Gasteiger partial charge in [-0.2, -0.15) is 0 Å². The van der Waals surface area contributed by atoms with Crippen LogP contribution in [0, 0.1) is 0 Å². The van der Waals surface area contributed by atoms with E-state index >= 15 is 0 Å². The van der Waals surface area contributed by atoms with E-state index in [2.05, 4.69) is 5.16 Å². The maximum absolute atomic E-state index is 9.33. The third-order valence-corrected chi connectivity index (χ3v) is 2.46. The molecule has 0 spiro atoms. The van der Waals surface area contributed by atoms with Crippen molar-refractivity contribution in [2.45, 2.75) is 19.3 Å². The summed E-state index contributed by atoms with van der Waals surface area (Å²) in [6.45, 7) is 0. The van der Waals surface area contributed by atoms with Crippen LogP contribution in [0.4, 0.5) is 0 Å². The Hall–Kier alpha value is -1.51. The fourth-order valence-electron chi connectivity index (χ4n) is 1.85. The number of rotatable bonds is 1. The summed E-state index contributed by atoms with van der Waals surface area (Å²) in [6, 6.07) is 5.40. The van der Waals surface area contributed by atoms with Gasteiger partial charge in [-0.15, -0.1) is 0 Å². The Bertz CT molecular complexity index is 372. The minimum atomic E-state index is 0.322. The Kier molecular flexibility index (Phi) is 2.39. The fraction of sp³-hybridized carbons (Fsp3) is 0.364. The van der Waals surface area contributed by atoms with Crippen molar-refractivity contribution < 1.29 is 9.94 Å². The normalized spacial score (nSPS) is 17.9. The number of aromatic hydroxyl groups is 1. The van der Waals surface area contributed by atoms with Crippen molar-refractivity contribution in [2.75, 3.05) is 7.11 Å². The third-order valence-electron chi connectivity index (χ3n) is 2.46. The first-order chi connectivity index (χ1) is 6.81. The Morgan fingerprint density at radius 3 is 3.00 bits per heavy atom. The van der Waals surface area contributed by atoms with Gasteiger partial charge in [0.1, 0.15) is 12.9 Å². The molecule has 0 aliphatic heterocycles. The predicted octanol–water partition coefficient (Wildman–Crippen LogP) is 2.08. The van der Waals surface area contributed by atoms with Crippen LogP contribution in [0.25, 0.3) is 0 Å². The molecule has 1 aromatic rings. The smallest absolute Gasteiger partial charge is 0.115 e. The number of benzene rings is 1. The second-order valence-corrected chi connectivity index (χ2v) is 3.42. The highest BCUT2D eigenvalue weighted by molar-refractivity contribution is 6.02. The molecule has 1 aromatic carbocycles. The second-order valence-electron chi connectivity index (χ2n) is 3.42. The molecule has 0 unspecified atom stereocenters. The van der Waals surface area contributed by atoms with Crippen molar-refractivity contribution in [1.82, 2.24) is 0 Å². The van der Waals surface area contributed by atoms with E-state index < -0.39 is 0 Å². The quantitative estimate of drug-likeness (QED) is 0.690. The van der Waals surface area contributed by atoms with E-state index in [1.807, 2.05) is 6.07 Å². The van der Waals surface area contributed by atoms with Gasteiger partial charge in [0.05, 0.1) is 5.71 Å². The lowest BCUT2D eigenvalue weighted by Crippen LogP contribution is -2.11. The molecule has 1 aliphatic carbocycles. The molecule has 3 heteroatoms. The Balaban J connectivity index is 2.45. The average Bonchev–Trinajstić information content (AvgIpc) is 2.18. The van der Waals surface area contributed by atoms with Gasteiger partial charge < -0.3 is 9.94 Å². The van der Waals surface area contributed by atoms with Gasteiger partial charge in [0, 0.05) is 5.56 Å². The molecular weight excluding hydrogens is 178 g/mol. The highest BCUT2D eigenvalue weighted by Crippen LogP contribution is 2.25. The summed E-state index contributed by atoms with van der Waals surface area (Å²) in [6.07, 6.45) is 3.02. The van der Waals surface area contributed by atoms with Crippen LogP contribution in [-0.4, -0.2) is 17.9 Å². The zero-order chi connectivity index (χ0) is 9.97. The van der Waals surface area contributed by atoms with E-state index in [1.54, 1.807) is 19.2 Å². The minimum Gasteiger partial charge on any atom is -0.508 e. The molecule has 0 saturated carbocycles. The lowest BCUT2D eigenvalue weighted by Gasteiger charge is -2.16. The molecule has 74 valence electrons. The van der Waals surface area contributed by atoms with E-state index in [1.165, 1.54) is 0 Å². The van der Waals surface area contributed by atoms with Gasteiger partial charge in [-0.3, -0.25) is 0 Å². The largest absolute Gasteiger partial charge is 0.508 e. The number of hydrogen-bond acceptors (Lipinski definition) is 3. The van der Waals surface area contributed by atoms with Crippen LogP contribution >= 0.6 is 0 Å². The summed E-state index contributed by atoms with van der Waals surface area (Å²) >= 11 is 0. The molecule has 0 fully saturated rings. The molecule has 2 rings (SSSR count). The van der Waals surface area contributed by atoms with E-state index in [4.69, 9.17) is 4.84 Å². The van der Waals surface area contributed by atoms with Crippen LogP contribution in [0.2, 0.25) is 0 Å².